The van der Waals surface area contributed by atoms with Crippen LogP contribution in [0, 0.1) is 0 Å². The highest BCUT2D eigenvalue weighted by Gasteiger charge is 2.20. The molecule has 0 aromatic heterocycles. The lowest BCUT2D eigenvalue weighted by molar-refractivity contribution is -0.122. The van der Waals surface area contributed by atoms with Crippen LogP contribution >= 0.6 is 28.3 Å². The third kappa shape index (κ3) is 7.55. The SMILES string of the molecule is CC(C)(Cc1ccc(Br)cc1)NC(=O)CCCN.Cl. The molecule has 1 rings (SSSR count). The molecule has 0 fully saturated rings. The van der Waals surface area contributed by atoms with Gasteiger partial charge in [-0.2, -0.15) is 0 Å². The van der Waals surface area contributed by atoms with E-state index in [1.165, 1.54) is 5.56 Å². The van der Waals surface area contributed by atoms with Crippen LogP contribution in [0.2, 0.25) is 0 Å². The van der Waals surface area contributed by atoms with Crippen LogP contribution in [0.15, 0.2) is 28.7 Å². The van der Waals surface area contributed by atoms with Gasteiger partial charge in [0.15, 0.2) is 0 Å². The zero-order chi connectivity index (χ0) is 13.6. The molecule has 0 heterocycles. The largest absolute Gasteiger partial charge is 0.351 e. The first-order chi connectivity index (χ1) is 8.43. The van der Waals surface area contributed by atoms with Crippen LogP contribution in [-0.4, -0.2) is 18.0 Å². The van der Waals surface area contributed by atoms with Gasteiger partial charge in [-0.05, 0) is 50.9 Å². The van der Waals surface area contributed by atoms with Crippen molar-refractivity contribution in [1.29, 1.82) is 0 Å². The lowest BCUT2D eigenvalue weighted by atomic mass is 9.94. The van der Waals surface area contributed by atoms with Crippen LogP contribution in [0.3, 0.4) is 0 Å². The van der Waals surface area contributed by atoms with Crippen molar-refractivity contribution in [1.82, 2.24) is 5.32 Å². The smallest absolute Gasteiger partial charge is 0.220 e. The molecule has 3 N–H and O–H groups in total. The van der Waals surface area contributed by atoms with Gasteiger partial charge < -0.3 is 11.1 Å². The average Bonchev–Trinajstić information content (AvgIpc) is 2.28. The second-order valence-electron chi connectivity index (χ2n) is 5.13. The molecule has 0 radical (unpaired) electrons. The van der Waals surface area contributed by atoms with Gasteiger partial charge in [0, 0.05) is 16.4 Å². The molecule has 0 saturated heterocycles. The van der Waals surface area contributed by atoms with Crippen LogP contribution in [0.4, 0.5) is 0 Å². The maximum atomic E-state index is 11.7. The highest BCUT2D eigenvalue weighted by atomic mass is 79.9. The number of hydrogen-bond donors (Lipinski definition) is 2. The zero-order valence-electron chi connectivity index (χ0n) is 11.4. The van der Waals surface area contributed by atoms with Gasteiger partial charge in [0.25, 0.3) is 0 Å². The second kappa shape index (κ2) is 8.56. The minimum absolute atomic E-state index is 0. The van der Waals surface area contributed by atoms with Gasteiger partial charge in [0.1, 0.15) is 0 Å². The molecule has 0 spiro atoms. The minimum atomic E-state index is -0.237. The third-order valence-corrected chi connectivity index (χ3v) is 3.17. The van der Waals surface area contributed by atoms with Crippen molar-refractivity contribution in [2.24, 2.45) is 5.73 Å². The Hall–Kier alpha value is -0.580. The summed E-state index contributed by atoms with van der Waals surface area (Å²) >= 11 is 3.41. The highest BCUT2D eigenvalue weighted by molar-refractivity contribution is 9.10. The average molecular weight is 350 g/mol. The topological polar surface area (TPSA) is 55.1 Å². The standard InChI is InChI=1S/C14H21BrN2O.ClH/c1-14(2,17-13(18)4-3-9-16)10-11-5-7-12(15)8-6-11;/h5-8H,3-4,9-10,16H2,1-2H3,(H,17,18);1H. The van der Waals surface area contributed by atoms with Crippen molar-refractivity contribution in [3.05, 3.63) is 34.3 Å². The van der Waals surface area contributed by atoms with Crippen LogP contribution in [-0.2, 0) is 11.2 Å². The number of amides is 1. The van der Waals surface area contributed by atoms with Crippen molar-refractivity contribution in [2.75, 3.05) is 6.54 Å². The quantitative estimate of drug-likeness (QED) is 0.829. The first kappa shape index (κ1) is 18.4. The number of carbonyl (C=O) groups excluding carboxylic acids is 1. The molecule has 0 unspecified atom stereocenters. The van der Waals surface area contributed by atoms with E-state index in [2.05, 4.69) is 33.4 Å². The van der Waals surface area contributed by atoms with Crippen LogP contribution in [0.5, 0.6) is 0 Å². The summed E-state index contributed by atoms with van der Waals surface area (Å²) in [6.07, 6.45) is 2.05. The van der Waals surface area contributed by atoms with E-state index in [1.54, 1.807) is 0 Å². The summed E-state index contributed by atoms with van der Waals surface area (Å²) in [6.45, 7) is 4.63. The molecular weight excluding hydrogens is 328 g/mol. The Labute approximate surface area is 129 Å². The maximum Gasteiger partial charge on any atom is 0.220 e. The molecular formula is C14H22BrClN2O. The molecule has 1 amide bonds. The molecule has 0 saturated carbocycles. The van der Waals surface area contributed by atoms with Crippen LogP contribution in [0.1, 0.15) is 32.3 Å². The molecule has 1 aromatic carbocycles. The van der Waals surface area contributed by atoms with Crippen molar-refractivity contribution in [3.8, 4) is 0 Å². The van der Waals surface area contributed by atoms with E-state index >= 15 is 0 Å². The van der Waals surface area contributed by atoms with E-state index in [0.717, 1.165) is 17.3 Å². The van der Waals surface area contributed by atoms with Crippen LogP contribution in [0.25, 0.3) is 0 Å². The molecule has 19 heavy (non-hydrogen) atoms. The van der Waals surface area contributed by atoms with E-state index < -0.39 is 0 Å². The first-order valence-corrected chi connectivity index (χ1v) is 6.98. The van der Waals surface area contributed by atoms with Gasteiger partial charge >= 0.3 is 0 Å². The monoisotopic (exact) mass is 348 g/mol. The summed E-state index contributed by atoms with van der Waals surface area (Å²) in [6, 6.07) is 8.17. The number of halogens is 2. The normalized spacial score (nSPS) is 10.7. The Kier molecular flexibility index (Phi) is 8.30. The Morgan fingerprint density at radius 2 is 1.89 bits per heavy atom. The van der Waals surface area contributed by atoms with Gasteiger partial charge in [-0.3, -0.25) is 4.79 Å². The first-order valence-electron chi connectivity index (χ1n) is 6.18. The van der Waals surface area contributed by atoms with Crippen molar-refractivity contribution in [2.45, 2.75) is 38.6 Å². The summed E-state index contributed by atoms with van der Waals surface area (Å²) in [4.78, 5) is 11.7. The van der Waals surface area contributed by atoms with Gasteiger partial charge in [0.05, 0.1) is 0 Å². The molecule has 0 aliphatic carbocycles. The summed E-state index contributed by atoms with van der Waals surface area (Å²) < 4.78 is 1.07. The summed E-state index contributed by atoms with van der Waals surface area (Å²) in [5, 5.41) is 3.05. The van der Waals surface area contributed by atoms with Gasteiger partial charge in [0.2, 0.25) is 5.91 Å². The third-order valence-electron chi connectivity index (χ3n) is 2.65. The number of rotatable bonds is 6. The maximum absolute atomic E-state index is 11.7. The summed E-state index contributed by atoms with van der Waals surface area (Å²) in [7, 11) is 0. The Morgan fingerprint density at radius 3 is 2.42 bits per heavy atom. The number of nitrogens with two attached hydrogens (primary N) is 1. The molecule has 0 atom stereocenters. The highest BCUT2D eigenvalue weighted by Crippen LogP contribution is 2.16. The van der Waals surface area contributed by atoms with Crippen molar-refractivity contribution < 1.29 is 4.79 Å². The van der Waals surface area contributed by atoms with E-state index in [1.807, 2.05) is 26.0 Å². The fourth-order valence-electron chi connectivity index (χ4n) is 1.86. The molecule has 5 heteroatoms. The molecule has 1 aromatic rings. The van der Waals surface area contributed by atoms with E-state index in [0.29, 0.717) is 13.0 Å². The van der Waals surface area contributed by atoms with Gasteiger partial charge in [-0.15, -0.1) is 12.4 Å². The van der Waals surface area contributed by atoms with Gasteiger partial charge in [-0.25, -0.2) is 0 Å². The molecule has 3 nitrogen and oxygen atoms in total. The zero-order valence-corrected chi connectivity index (χ0v) is 13.8. The molecule has 0 aliphatic rings. The molecule has 0 bridgehead atoms. The lowest BCUT2D eigenvalue weighted by Gasteiger charge is -2.26. The summed E-state index contributed by atoms with van der Waals surface area (Å²) in [5.41, 5.74) is 6.37. The predicted molar refractivity (Wildman–Crippen MR) is 85.6 cm³/mol. The number of benzene rings is 1. The van der Waals surface area contributed by atoms with E-state index in [-0.39, 0.29) is 23.9 Å². The summed E-state index contributed by atoms with van der Waals surface area (Å²) in [5.74, 6) is 0.0718. The molecule has 0 aliphatic heterocycles. The van der Waals surface area contributed by atoms with E-state index in [4.69, 9.17) is 5.73 Å². The van der Waals surface area contributed by atoms with E-state index in [9.17, 15) is 4.79 Å². The minimum Gasteiger partial charge on any atom is -0.351 e. The lowest BCUT2D eigenvalue weighted by Crippen LogP contribution is -2.45. The van der Waals surface area contributed by atoms with Crippen molar-refractivity contribution >= 4 is 34.2 Å². The molecule has 108 valence electrons. The predicted octanol–water partition coefficient (Wildman–Crippen LogP) is 3.05. The number of nitrogens with one attached hydrogen (secondary N) is 1. The number of carbonyl (C=O) groups is 1. The van der Waals surface area contributed by atoms with Gasteiger partial charge in [-0.1, -0.05) is 28.1 Å². The Morgan fingerprint density at radius 1 is 1.32 bits per heavy atom. The van der Waals surface area contributed by atoms with Crippen LogP contribution < -0.4 is 11.1 Å². The second-order valence-corrected chi connectivity index (χ2v) is 6.04. The fraction of sp³-hybridized carbons (Fsp3) is 0.500. The Balaban J connectivity index is 0.00000324. The number of hydrogen-bond acceptors (Lipinski definition) is 2. The van der Waals surface area contributed by atoms with Crippen molar-refractivity contribution in [3.63, 3.8) is 0 Å². The fourth-order valence-corrected chi connectivity index (χ4v) is 2.12. The Bertz CT molecular complexity index is 393.